The summed E-state index contributed by atoms with van der Waals surface area (Å²) in [6.45, 7) is 5.04. The number of carbonyl (C=O) groups is 2. The van der Waals surface area contributed by atoms with Crippen LogP contribution in [-0.2, 0) is 4.79 Å². The van der Waals surface area contributed by atoms with Gasteiger partial charge in [-0.1, -0.05) is 13.3 Å². The molecular weight excluding hydrogens is 508 g/mol. The number of halogens is 1. The van der Waals surface area contributed by atoms with E-state index in [0.29, 0.717) is 40.4 Å². The minimum atomic E-state index is -0.997. The molecule has 7 nitrogen and oxygen atoms in total. The molecule has 0 radical (unpaired) electrons. The summed E-state index contributed by atoms with van der Waals surface area (Å²) in [5, 5.41) is 9.60. The van der Waals surface area contributed by atoms with Gasteiger partial charge in [-0.25, -0.2) is 9.79 Å². The highest BCUT2D eigenvalue weighted by Gasteiger charge is 2.32. The summed E-state index contributed by atoms with van der Waals surface area (Å²) in [4.78, 5) is 30.7. The highest BCUT2D eigenvalue weighted by atomic mass is 79.9. The van der Waals surface area contributed by atoms with Crippen molar-refractivity contribution in [1.82, 2.24) is 4.90 Å². The van der Waals surface area contributed by atoms with Crippen molar-refractivity contribution in [3.05, 3.63) is 56.9 Å². The van der Waals surface area contributed by atoms with E-state index in [2.05, 4.69) is 27.8 Å². The van der Waals surface area contributed by atoms with Gasteiger partial charge in [-0.15, -0.1) is 0 Å². The van der Waals surface area contributed by atoms with Crippen LogP contribution in [0.5, 0.6) is 11.5 Å². The van der Waals surface area contributed by atoms with E-state index in [-0.39, 0.29) is 11.5 Å². The van der Waals surface area contributed by atoms with E-state index in [1.54, 1.807) is 30.2 Å². The van der Waals surface area contributed by atoms with Crippen LogP contribution in [0.15, 0.2) is 50.8 Å². The Balaban J connectivity index is 1.88. The monoisotopic (exact) mass is 532 g/mol. The van der Waals surface area contributed by atoms with Gasteiger partial charge in [0.1, 0.15) is 0 Å². The summed E-state index contributed by atoms with van der Waals surface area (Å²) in [5.41, 5.74) is 1.55. The molecule has 1 N–H and O–H groups in total. The number of rotatable bonds is 9. The summed E-state index contributed by atoms with van der Waals surface area (Å²) in [5.74, 6) is 0.0912. The molecule has 9 heteroatoms. The van der Waals surface area contributed by atoms with Crippen molar-refractivity contribution in [1.29, 1.82) is 0 Å². The minimum absolute atomic E-state index is 0.137. The largest absolute Gasteiger partial charge is 0.493 e. The molecule has 0 saturated carbocycles. The lowest BCUT2D eigenvalue weighted by Crippen LogP contribution is -2.28. The van der Waals surface area contributed by atoms with Crippen LogP contribution in [0.1, 0.15) is 42.6 Å². The Labute approximate surface area is 205 Å². The standard InChI is InChI=1S/C24H25BrN2O5S/c1-4-6-11-32-21-18(25)12-15(13-19(21)31-3)14-20-22(28)27(5-2)24(33-20)26-17-9-7-16(8-10-17)23(29)30/h7-10,12-14H,4-6,11H2,1-3H3,(H,29,30)/b20-14+,26-24?. The normalized spacial score (nSPS) is 16.0. The molecule has 0 bridgehead atoms. The fourth-order valence-corrected chi connectivity index (χ4v) is 4.73. The lowest BCUT2D eigenvalue weighted by Gasteiger charge is -2.13. The zero-order chi connectivity index (χ0) is 24.0. The molecule has 0 aliphatic carbocycles. The number of carboxylic acids is 1. The number of hydrogen-bond acceptors (Lipinski definition) is 6. The van der Waals surface area contributed by atoms with Gasteiger partial charge in [-0.3, -0.25) is 9.69 Å². The molecule has 33 heavy (non-hydrogen) atoms. The second-order valence-corrected chi connectivity index (χ2v) is 9.01. The first-order valence-corrected chi connectivity index (χ1v) is 12.1. The number of carbonyl (C=O) groups excluding carboxylic acids is 1. The van der Waals surface area contributed by atoms with Crippen molar-refractivity contribution in [3.63, 3.8) is 0 Å². The van der Waals surface area contributed by atoms with Crippen molar-refractivity contribution >= 4 is 56.5 Å². The van der Waals surface area contributed by atoms with Crippen LogP contribution < -0.4 is 9.47 Å². The molecular formula is C24H25BrN2O5S. The molecule has 0 spiro atoms. The van der Waals surface area contributed by atoms with Crippen LogP contribution in [0, 0.1) is 0 Å². The third kappa shape index (κ3) is 5.97. The van der Waals surface area contributed by atoms with Crippen molar-refractivity contribution in [2.45, 2.75) is 26.7 Å². The third-order valence-electron chi connectivity index (χ3n) is 4.84. The van der Waals surface area contributed by atoms with E-state index in [1.165, 1.54) is 23.9 Å². The van der Waals surface area contributed by atoms with Gasteiger partial charge in [0.25, 0.3) is 5.91 Å². The molecule has 0 aromatic heterocycles. The Morgan fingerprint density at radius 2 is 1.97 bits per heavy atom. The van der Waals surface area contributed by atoms with E-state index >= 15 is 0 Å². The summed E-state index contributed by atoms with van der Waals surface area (Å²) in [6.07, 6.45) is 3.78. The van der Waals surface area contributed by atoms with Crippen molar-refractivity contribution in [2.24, 2.45) is 4.99 Å². The first-order chi connectivity index (χ1) is 15.9. The van der Waals surface area contributed by atoms with Crippen molar-refractivity contribution in [2.75, 3.05) is 20.3 Å². The molecule has 1 fully saturated rings. The Hall–Kier alpha value is -2.78. The number of amides is 1. The highest BCUT2D eigenvalue weighted by molar-refractivity contribution is 9.10. The number of nitrogens with zero attached hydrogens (tertiary/aromatic N) is 2. The topological polar surface area (TPSA) is 88.4 Å². The molecule has 0 unspecified atom stereocenters. The number of aliphatic imine (C=N–C) groups is 1. The van der Waals surface area contributed by atoms with Crippen molar-refractivity contribution < 1.29 is 24.2 Å². The SMILES string of the molecule is CCCCOc1c(Br)cc(/C=C2/SC(=Nc3ccc(C(=O)O)cc3)N(CC)C2=O)cc1OC. The number of unbranched alkanes of at least 4 members (excludes halogenated alkanes) is 1. The number of aromatic carboxylic acids is 1. The fourth-order valence-electron chi connectivity index (χ4n) is 3.09. The van der Waals surface area contributed by atoms with Crippen LogP contribution in [0.2, 0.25) is 0 Å². The van der Waals surface area contributed by atoms with Crippen LogP contribution in [0.4, 0.5) is 5.69 Å². The second-order valence-electron chi connectivity index (χ2n) is 7.14. The number of ether oxygens (including phenoxy) is 2. The maximum Gasteiger partial charge on any atom is 0.335 e. The Kier molecular flexibility index (Phi) is 8.57. The summed E-state index contributed by atoms with van der Waals surface area (Å²) >= 11 is 4.83. The van der Waals surface area contributed by atoms with E-state index in [0.717, 1.165) is 22.9 Å². The average Bonchev–Trinajstić information content (AvgIpc) is 3.08. The Morgan fingerprint density at radius 3 is 2.58 bits per heavy atom. The van der Waals surface area contributed by atoms with E-state index in [4.69, 9.17) is 14.6 Å². The van der Waals surface area contributed by atoms with Crippen molar-refractivity contribution in [3.8, 4) is 11.5 Å². The molecule has 1 heterocycles. The smallest absolute Gasteiger partial charge is 0.335 e. The number of methoxy groups -OCH3 is 1. The number of hydrogen-bond donors (Lipinski definition) is 1. The molecule has 174 valence electrons. The van der Waals surface area contributed by atoms with Gasteiger partial charge in [-0.05, 0) is 89.1 Å². The molecule has 1 aliphatic rings. The van der Waals surface area contributed by atoms with E-state index in [9.17, 15) is 9.59 Å². The number of benzene rings is 2. The number of thioether (sulfide) groups is 1. The summed E-state index contributed by atoms with van der Waals surface area (Å²) in [6, 6.07) is 9.95. The molecule has 3 rings (SSSR count). The van der Waals surface area contributed by atoms with Gasteiger partial charge >= 0.3 is 5.97 Å². The Morgan fingerprint density at radius 1 is 1.24 bits per heavy atom. The van der Waals surface area contributed by atoms with Gasteiger partial charge < -0.3 is 14.6 Å². The summed E-state index contributed by atoms with van der Waals surface area (Å²) in [7, 11) is 1.58. The lowest BCUT2D eigenvalue weighted by atomic mass is 10.2. The van der Waals surface area contributed by atoms with Gasteiger partial charge in [0.15, 0.2) is 16.7 Å². The number of likely N-dealkylation sites (N-methyl/N-ethyl adjacent to an activating group) is 1. The van der Waals surface area contributed by atoms with E-state index in [1.807, 2.05) is 19.1 Å². The molecule has 2 aromatic rings. The first kappa shape index (κ1) is 24.9. The quantitative estimate of drug-likeness (QED) is 0.316. The zero-order valence-electron chi connectivity index (χ0n) is 18.6. The molecule has 1 amide bonds. The van der Waals surface area contributed by atoms with Gasteiger partial charge in [0, 0.05) is 6.54 Å². The zero-order valence-corrected chi connectivity index (χ0v) is 21.0. The molecule has 1 aliphatic heterocycles. The van der Waals surface area contributed by atoms with Gasteiger partial charge in [-0.2, -0.15) is 0 Å². The highest BCUT2D eigenvalue weighted by Crippen LogP contribution is 2.39. The summed E-state index contributed by atoms with van der Waals surface area (Å²) < 4.78 is 12.1. The minimum Gasteiger partial charge on any atom is -0.493 e. The molecule has 2 aromatic carbocycles. The van der Waals surface area contributed by atoms with Crippen LogP contribution in [0.25, 0.3) is 6.08 Å². The lowest BCUT2D eigenvalue weighted by molar-refractivity contribution is -0.122. The maximum atomic E-state index is 13.0. The van der Waals surface area contributed by atoms with Crippen LogP contribution in [-0.4, -0.2) is 47.3 Å². The first-order valence-electron chi connectivity index (χ1n) is 10.5. The van der Waals surface area contributed by atoms with Gasteiger partial charge in [0.2, 0.25) is 0 Å². The maximum absolute atomic E-state index is 13.0. The predicted octanol–water partition coefficient (Wildman–Crippen LogP) is 5.96. The fraction of sp³-hybridized carbons (Fsp3) is 0.292. The molecule has 1 saturated heterocycles. The second kappa shape index (κ2) is 11.4. The van der Waals surface area contributed by atoms with Crippen LogP contribution >= 0.6 is 27.7 Å². The molecule has 0 atom stereocenters. The average molecular weight is 533 g/mol. The number of amidine groups is 1. The van der Waals surface area contributed by atoms with E-state index < -0.39 is 5.97 Å². The number of carboxylic acid groups (broad SMARTS) is 1. The van der Waals surface area contributed by atoms with Gasteiger partial charge in [0.05, 0.1) is 34.3 Å². The Bertz CT molecular complexity index is 1100. The predicted molar refractivity (Wildman–Crippen MR) is 135 cm³/mol. The van der Waals surface area contributed by atoms with Crippen LogP contribution in [0.3, 0.4) is 0 Å². The third-order valence-corrected chi connectivity index (χ3v) is 6.43.